The fourth-order valence-electron chi connectivity index (χ4n) is 2.05. The summed E-state index contributed by atoms with van der Waals surface area (Å²) in [6.07, 6.45) is 7.49. The van der Waals surface area contributed by atoms with E-state index >= 15 is 0 Å². The maximum atomic E-state index is 5.61. The highest BCUT2D eigenvalue weighted by molar-refractivity contribution is 14.0. The van der Waals surface area contributed by atoms with Crippen LogP contribution >= 0.6 is 24.0 Å². The van der Waals surface area contributed by atoms with E-state index in [1.54, 1.807) is 0 Å². The van der Waals surface area contributed by atoms with Crippen LogP contribution in [0, 0.1) is 11.8 Å². The minimum absolute atomic E-state index is 0. The van der Waals surface area contributed by atoms with Crippen molar-refractivity contribution >= 4 is 29.9 Å². The summed E-state index contributed by atoms with van der Waals surface area (Å²) in [5.74, 6) is 2.59. The monoisotopic (exact) mass is 425 g/mol. The van der Waals surface area contributed by atoms with Crippen LogP contribution in [0.3, 0.4) is 0 Å². The highest BCUT2D eigenvalue weighted by atomic mass is 127. The van der Waals surface area contributed by atoms with E-state index in [1.165, 1.54) is 25.7 Å². The molecule has 6 heteroatoms. The molecule has 2 fully saturated rings. The van der Waals surface area contributed by atoms with Crippen LogP contribution in [0.5, 0.6) is 0 Å². The van der Waals surface area contributed by atoms with Gasteiger partial charge in [-0.3, -0.25) is 4.99 Å². The predicted molar refractivity (Wildman–Crippen MR) is 101 cm³/mol. The van der Waals surface area contributed by atoms with Crippen LogP contribution in [0.15, 0.2) is 4.99 Å². The molecule has 130 valence electrons. The third-order valence-electron chi connectivity index (χ3n) is 3.84. The van der Waals surface area contributed by atoms with Gasteiger partial charge >= 0.3 is 0 Å². The van der Waals surface area contributed by atoms with Gasteiger partial charge in [0.2, 0.25) is 0 Å². The Morgan fingerprint density at radius 2 is 1.36 bits per heavy atom. The zero-order valence-electron chi connectivity index (χ0n) is 13.8. The van der Waals surface area contributed by atoms with E-state index in [-0.39, 0.29) is 24.0 Å². The van der Waals surface area contributed by atoms with Crippen LogP contribution in [0.1, 0.15) is 38.5 Å². The van der Waals surface area contributed by atoms with Gasteiger partial charge in [0.05, 0.1) is 0 Å². The molecular weight excluding hydrogens is 393 g/mol. The molecule has 5 nitrogen and oxygen atoms in total. The number of ether oxygens (including phenoxy) is 2. The van der Waals surface area contributed by atoms with Crippen molar-refractivity contribution in [3.8, 4) is 0 Å². The van der Waals surface area contributed by atoms with Crippen molar-refractivity contribution in [2.45, 2.75) is 38.5 Å². The van der Waals surface area contributed by atoms with E-state index in [2.05, 4.69) is 15.6 Å². The molecule has 0 amide bonds. The Morgan fingerprint density at radius 1 is 0.909 bits per heavy atom. The molecule has 0 radical (unpaired) electrons. The average Bonchev–Trinajstić information content (AvgIpc) is 3.37. The number of rotatable bonds is 12. The quantitative estimate of drug-likeness (QED) is 0.218. The molecule has 2 aliphatic rings. The van der Waals surface area contributed by atoms with Gasteiger partial charge in [-0.15, -0.1) is 24.0 Å². The van der Waals surface area contributed by atoms with E-state index in [9.17, 15) is 0 Å². The predicted octanol–water partition coefficient (Wildman–Crippen LogP) is 2.40. The van der Waals surface area contributed by atoms with E-state index in [0.29, 0.717) is 0 Å². The number of nitrogens with one attached hydrogen (secondary N) is 2. The molecule has 2 aliphatic carbocycles. The minimum Gasteiger partial charge on any atom is -0.381 e. The first-order valence-electron chi connectivity index (χ1n) is 8.48. The summed E-state index contributed by atoms with van der Waals surface area (Å²) in [4.78, 5) is 4.21. The van der Waals surface area contributed by atoms with Gasteiger partial charge in [-0.25, -0.2) is 0 Å². The van der Waals surface area contributed by atoms with Crippen LogP contribution < -0.4 is 10.6 Å². The maximum Gasteiger partial charge on any atom is 0.190 e. The molecule has 2 rings (SSSR count). The summed E-state index contributed by atoms with van der Waals surface area (Å²) in [5, 5.41) is 6.62. The Hall–Kier alpha value is -0.0800. The molecule has 0 saturated heterocycles. The lowest BCUT2D eigenvalue weighted by Crippen LogP contribution is -2.38. The van der Waals surface area contributed by atoms with Crippen molar-refractivity contribution in [1.29, 1.82) is 0 Å². The zero-order chi connectivity index (χ0) is 14.8. The number of aliphatic imine (C=N–C) groups is 1. The largest absolute Gasteiger partial charge is 0.381 e. The van der Waals surface area contributed by atoms with Gasteiger partial charge in [-0.2, -0.15) is 0 Å². The number of guanidine groups is 1. The molecule has 0 bridgehead atoms. The molecule has 0 aromatic heterocycles. The van der Waals surface area contributed by atoms with Crippen molar-refractivity contribution in [2.75, 3.05) is 46.6 Å². The number of hydrogen-bond acceptors (Lipinski definition) is 3. The molecule has 0 atom stereocenters. The Labute approximate surface area is 152 Å². The van der Waals surface area contributed by atoms with E-state index in [0.717, 1.165) is 70.2 Å². The summed E-state index contributed by atoms with van der Waals surface area (Å²) in [6.45, 7) is 5.40. The minimum atomic E-state index is 0. The van der Waals surface area contributed by atoms with Gasteiger partial charge in [0.25, 0.3) is 0 Å². The van der Waals surface area contributed by atoms with Gasteiger partial charge < -0.3 is 20.1 Å². The standard InChI is InChI=1S/C16H31N3O2.HI/c1-17-16(18-8-2-10-20-12-14-4-5-14)19-9-3-11-21-13-15-6-7-15;/h14-15H,2-13H2,1H3,(H2,17,18,19);1H. The first kappa shape index (κ1) is 20.0. The smallest absolute Gasteiger partial charge is 0.190 e. The second kappa shape index (κ2) is 12.4. The van der Waals surface area contributed by atoms with Gasteiger partial charge in [0, 0.05) is 46.6 Å². The molecule has 0 aromatic rings. The lowest BCUT2D eigenvalue weighted by molar-refractivity contribution is 0.122. The van der Waals surface area contributed by atoms with Crippen LogP contribution in [0.4, 0.5) is 0 Å². The van der Waals surface area contributed by atoms with Gasteiger partial charge in [-0.05, 0) is 50.4 Å². The third-order valence-corrected chi connectivity index (χ3v) is 3.84. The summed E-state index contributed by atoms with van der Waals surface area (Å²) in [5.41, 5.74) is 0. The molecule has 0 spiro atoms. The van der Waals surface area contributed by atoms with Gasteiger partial charge in [0.1, 0.15) is 0 Å². The summed E-state index contributed by atoms with van der Waals surface area (Å²) >= 11 is 0. The lowest BCUT2D eigenvalue weighted by atomic mass is 10.4. The maximum absolute atomic E-state index is 5.61. The second-order valence-electron chi connectivity index (χ2n) is 6.17. The molecule has 0 unspecified atom stereocenters. The van der Waals surface area contributed by atoms with Crippen LogP contribution in [0.2, 0.25) is 0 Å². The van der Waals surface area contributed by atoms with E-state index in [4.69, 9.17) is 9.47 Å². The van der Waals surface area contributed by atoms with Crippen molar-refractivity contribution in [2.24, 2.45) is 16.8 Å². The molecule has 0 heterocycles. The first-order valence-corrected chi connectivity index (χ1v) is 8.48. The number of halogens is 1. The van der Waals surface area contributed by atoms with Crippen LogP contribution in [0.25, 0.3) is 0 Å². The summed E-state index contributed by atoms with van der Waals surface area (Å²) < 4.78 is 11.2. The highest BCUT2D eigenvalue weighted by Gasteiger charge is 2.21. The van der Waals surface area contributed by atoms with Crippen molar-refractivity contribution in [3.05, 3.63) is 0 Å². The summed E-state index contributed by atoms with van der Waals surface area (Å²) in [7, 11) is 1.81. The van der Waals surface area contributed by atoms with Gasteiger partial charge in [0.15, 0.2) is 5.96 Å². The highest BCUT2D eigenvalue weighted by Crippen LogP contribution is 2.29. The van der Waals surface area contributed by atoms with Crippen molar-refractivity contribution in [1.82, 2.24) is 10.6 Å². The molecule has 0 aromatic carbocycles. The zero-order valence-corrected chi connectivity index (χ0v) is 16.1. The Morgan fingerprint density at radius 3 is 1.73 bits per heavy atom. The Balaban J connectivity index is 0.00000242. The Bertz CT molecular complexity index is 282. The number of nitrogens with zero attached hydrogens (tertiary/aromatic N) is 1. The molecule has 22 heavy (non-hydrogen) atoms. The van der Waals surface area contributed by atoms with E-state index < -0.39 is 0 Å². The van der Waals surface area contributed by atoms with Crippen LogP contribution in [-0.2, 0) is 9.47 Å². The molecular formula is C16H32IN3O2. The van der Waals surface area contributed by atoms with Crippen LogP contribution in [-0.4, -0.2) is 52.5 Å². The number of hydrogen-bond donors (Lipinski definition) is 2. The third kappa shape index (κ3) is 10.6. The van der Waals surface area contributed by atoms with Crippen molar-refractivity contribution in [3.63, 3.8) is 0 Å². The average molecular weight is 425 g/mol. The van der Waals surface area contributed by atoms with Crippen molar-refractivity contribution < 1.29 is 9.47 Å². The Kier molecular flexibility index (Phi) is 11.2. The lowest BCUT2D eigenvalue weighted by Gasteiger charge is -2.12. The first-order chi connectivity index (χ1) is 10.4. The fourth-order valence-corrected chi connectivity index (χ4v) is 2.05. The molecule has 2 N–H and O–H groups in total. The molecule has 2 saturated carbocycles. The SMILES string of the molecule is CN=C(NCCCOCC1CC1)NCCCOCC1CC1.I. The fraction of sp³-hybridized carbons (Fsp3) is 0.938. The normalized spacial score (nSPS) is 16.8. The second-order valence-corrected chi connectivity index (χ2v) is 6.17. The molecule has 0 aliphatic heterocycles. The van der Waals surface area contributed by atoms with E-state index in [1.807, 2.05) is 7.05 Å². The summed E-state index contributed by atoms with van der Waals surface area (Å²) in [6, 6.07) is 0. The van der Waals surface area contributed by atoms with Gasteiger partial charge in [-0.1, -0.05) is 0 Å². The topological polar surface area (TPSA) is 54.9 Å².